The van der Waals surface area contributed by atoms with Gasteiger partial charge in [0.05, 0.1) is 12.1 Å². The van der Waals surface area contributed by atoms with Crippen molar-refractivity contribution in [3.63, 3.8) is 0 Å². The molecule has 4 atom stereocenters. The van der Waals surface area contributed by atoms with E-state index in [0.29, 0.717) is 18.6 Å². The van der Waals surface area contributed by atoms with E-state index < -0.39 is 23.9 Å². The summed E-state index contributed by atoms with van der Waals surface area (Å²) in [5.41, 5.74) is 2.10. The molecule has 0 bridgehead atoms. The Kier molecular flexibility index (Phi) is 8.35. The van der Waals surface area contributed by atoms with Crippen LogP contribution >= 0.6 is 11.8 Å². The van der Waals surface area contributed by atoms with Crippen LogP contribution in [-0.4, -0.2) is 46.1 Å². The average molecular weight is 446 g/mol. The SMILES string of the molecule is C=CCCC(C)=CC(=O)O[C@@H]1C[C@@H](CCc2ccccc2)O[C@@](O)(C2CSC(=O)N2)C1. The van der Waals surface area contributed by atoms with Crippen LogP contribution in [0.3, 0.4) is 0 Å². The van der Waals surface area contributed by atoms with E-state index in [0.717, 1.165) is 36.6 Å². The van der Waals surface area contributed by atoms with Gasteiger partial charge in [-0.05, 0) is 38.2 Å². The van der Waals surface area contributed by atoms with Crippen LogP contribution in [0.2, 0.25) is 0 Å². The smallest absolute Gasteiger partial charge is 0.330 e. The molecule has 0 saturated carbocycles. The number of rotatable bonds is 9. The number of esters is 1. The summed E-state index contributed by atoms with van der Waals surface area (Å²) in [6.45, 7) is 5.58. The second kappa shape index (κ2) is 11.0. The third-order valence-electron chi connectivity index (χ3n) is 5.62. The first-order valence-electron chi connectivity index (χ1n) is 10.7. The van der Waals surface area contributed by atoms with Gasteiger partial charge in [0.2, 0.25) is 0 Å². The fourth-order valence-electron chi connectivity index (χ4n) is 3.98. The van der Waals surface area contributed by atoms with Gasteiger partial charge in [-0.2, -0.15) is 0 Å². The molecule has 0 radical (unpaired) electrons. The Morgan fingerprint density at radius 3 is 2.87 bits per heavy atom. The minimum atomic E-state index is -1.56. The predicted octanol–water partition coefficient (Wildman–Crippen LogP) is 4.14. The number of carbonyl (C=O) groups is 2. The molecule has 2 heterocycles. The van der Waals surface area contributed by atoms with Crippen molar-refractivity contribution in [2.45, 2.75) is 69.5 Å². The van der Waals surface area contributed by atoms with E-state index in [1.165, 1.54) is 11.6 Å². The summed E-state index contributed by atoms with van der Waals surface area (Å²) in [4.78, 5) is 24.1. The monoisotopic (exact) mass is 445 g/mol. The molecule has 2 aliphatic heterocycles. The van der Waals surface area contributed by atoms with Gasteiger partial charge in [0, 0.05) is 24.7 Å². The van der Waals surface area contributed by atoms with Crippen LogP contribution in [0.4, 0.5) is 4.79 Å². The number of benzene rings is 1. The highest BCUT2D eigenvalue weighted by Gasteiger charge is 2.49. The van der Waals surface area contributed by atoms with Crippen molar-refractivity contribution in [1.82, 2.24) is 5.32 Å². The number of aliphatic hydroxyl groups is 1. The van der Waals surface area contributed by atoms with Crippen LogP contribution in [0, 0.1) is 0 Å². The number of thioether (sulfide) groups is 1. The molecule has 3 rings (SSSR count). The van der Waals surface area contributed by atoms with E-state index in [2.05, 4.69) is 24.0 Å². The molecule has 6 nitrogen and oxygen atoms in total. The molecule has 7 heteroatoms. The summed E-state index contributed by atoms with van der Waals surface area (Å²) < 4.78 is 11.8. The molecule has 0 spiro atoms. The first kappa shape index (κ1) is 23.6. The normalized spacial score (nSPS) is 28.8. The Labute approximate surface area is 188 Å². The number of hydrogen-bond donors (Lipinski definition) is 2. The molecule has 31 heavy (non-hydrogen) atoms. The largest absolute Gasteiger partial charge is 0.459 e. The maximum atomic E-state index is 12.4. The fourth-order valence-corrected chi connectivity index (χ4v) is 4.87. The number of ether oxygens (including phenoxy) is 2. The molecule has 2 aliphatic rings. The molecule has 168 valence electrons. The van der Waals surface area contributed by atoms with Gasteiger partial charge in [0.25, 0.3) is 5.24 Å². The molecule has 2 fully saturated rings. The number of amides is 1. The fraction of sp³-hybridized carbons (Fsp3) is 0.500. The lowest BCUT2D eigenvalue weighted by atomic mass is 9.91. The topological polar surface area (TPSA) is 84.9 Å². The van der Waals surface area contributed by atoms with Gasteiger partial charge in [-0.3, -0.25) is 4.79 Å². The summed E-state index contributed by atoms with van der Waals surface area (Å²) in [7, 11) is 0. The zero-order chi connectivity index (χ0) is 22.3. The van der Waals surface area contributed by atoms with Crippen LogP contribution < -0.4 is 5.32 Å². The van der Waals surface area contributed by atoms with Crippen LogP contribution in [0.5, 0.6) is 0 Å². The van der Waals surface area contributed by atoms with Gasteiger partial charge >= 0.3 is 5.97 Å². The third-order valence-corrected chi connectivity index (χ3v) is 6.50. The molecule has 2 saturated heterocycles. The van der Waals surface area contributed by atoms with Crippen molar-refractivity contribution in [2.24, 2.45) is 0 Å². The molecular formula is C24H31NO5S. The summed E-state index contributed by atoms with van der Waals surface area (Å²) in [6, 6.07) is 9.53. The maximum Gasteiger partial charge on any atom is 0.330 e. The minimum Gasteiger partial charge on any atom is -0.459 e. The Morgan fingerprint density at radius 2 is 2.19 bits per heavy atom. The van der Waals surface area contributed by atoms with Crippen LogP contribution in [0.25, 0.3) is 0 Å². The quantitative estimate of drug-likeness (QED) is 0.338. The Bertz CT molecular complexity index is 811. The summed E-state index contributed by atoms with van der Waals surface area (Å²) in [5, 5.41) is 13.9. The van der Waals surface area contributed by atoms with E-state index in [1.54, 1.807) is 0 Å². The Balaban J connectivity index is 1.67. The van der Waals surface area contributed by atoms with Gasteiger partial charge in [0.15, 0.2) is 5.79 Å². The van der Waals surface area contributed by atoms with E-state index in [-0.39, 0.29) is 17.8 Å². The molecule has 1 aromatic carbocycles. The molecular weight excluding hydrogens is 414 g/mol. The summed E-state index contributed by atoms with van der Waals surface area (Å²) >= 11 is 1.12. The zero-order valence-electron chi connectivity index (χ0n) is 17.9. The number of nitrogens with one attached hydrogen (secondary N) is 1. The Hall–Kier alpha value is -2.09. The standard InChI is InChI=1S/C24H31NO5S/c1-3-4-8-17(2)13-22(26)29-20-14-19(12-11-18-9-6-5-7-10-18)30-24(28,15-20)21-16-31-23(27)25-21/h3,5-7,9-10,13,19-21,28H,1,4,8,11-12,14-16H2,2H3,(H,25,27)/t19-,20-,21?,24-/m1/s1. The second-order valence-electron chi connectivity index (χ2n) is 8.22. The lowest BCUT2D eigenvalue weighted by Gasteiger charge is -2.43. The van der Waals surface area contributed by atoms with Gasteiger partial charge in [-0.25, -0.2) is 4.79 Å². The highest BCUT2D eigenvalue weighted by atomic mass is 32.2. The summed E-state index contributed by atoms with van der Waals surface area (Å²) in [5.74, 6) is -1.56. The highest BCUT2D eigenvalue weighted by molar-refractivity contribution is 8.14. The first-order valence-corrected chi connectivity index (χ1v) is 11.7. The number of aryl methyl sites for hydroxylation is 1. The molecule has 2 N–H and O–H groups in total. The average Bonchev–Trinajstić information content (AvgIpc) is 3.18. The Morgan fingerprint density at radius 1 is 1.42 bits per heavy atom. The molecule has 0 aromatic heterocycles. The molecule has 1 unspecified atom stereocenters. The van der Waals surface area contributed by atoms with Crippen molar-refractivity contribution in [3.8, 4) is 0 Å². The van der Waals surface area contributed by atoms with Crippen LogP contribution in [0.1, 0.15) is 44.6 Å². The molecule has 1 amide bonds. The number of carbonyl (C=O) groups excluding carboxylic acids is 2. The summed E-state index contributed by atoms with van der Waals surface area (Å²) in [6.07, 6.45) is 6.20. The van der Waals surface area contributed by atoms with Crippen LogP contribution in [0.15, 0.2) is 54.6 Å². The third kappa shape index (κ3) is 6.95. The van der Waals surface area contributed by atoms with Crippen molar-refractivity contribution < 1.29 is 24.2 Å². The molecule has 0 aliphatic carbocycles. The minimum absolute atomic E-state index is 0.131. The van der Waals surface area contributed by atoms with E-state index in [1.807, 2.05) is 31.2 Å². The maximum absolute atomic E-state index is 12.4. The van der Waals surface area contributed by atoms with E-state index in [4.69, 9.17) is 9.47 Å². The van der Waals surface area contributed by atoms with Crippen molar-refractivity contribution in [2.75, 3.05) is 5.75 Å². The number of allylic oxidation sites excluding steroid dienone is 2. The van der Waals surface area contributed by atoms with Crippen molar-refractivity contribution in [1.29, 1.82) is 0 Å². The van der Waals surface area contributed by atoms with Gasteiger partial charge < -0.3 is 19.9 Å². The van der Waals surface area contributed by atoms with E-state index in [9.17, 15) is 14.7 Å². The van der Waals surface area contributed by atoms with Gasteiger partial charge in [0.1, 0.15) is 6.10 Å². The first-order chi connectivity index (χ1) is 14.9. The van der Waals surface area contributed by atoms with Crippen molar-refractivity contribution >= 4 is 23.0 Å². The highest BCUT2D eigenvalue weighted by Crippen LogP contribution is 2.36. The van der Waals surface area contributed by atoms with E-state index >= 15 is 0 Å². The van der Waals surface area contributed by atoms with Gasteiger partial charge in [-0.1, -0.05) is 53.7 Å². The lowest BCUT2D eigenvalue weighted by Crippen LogP contribution is -2.58. The predicted molar refractivity (Wildman–Crippen MR) is 122 cm³/mol. The van der Waals surface area contributed by atoms with Crippen LogP contribution in [-0.2, 0) is 20.7 Å². The number of hydrogen-bond acceptors (Lipinski definition) is 6. The van der Waals surface area contributed by atoms with Crippen molar-refractivity contribution in [3.05, 3.63) is 60.2 Å². The second-order valence-corrected chi connectivity index (χ2v) is 9.21. The zero-order valence-corrected chi connectivity index (χ0v) is 18.7. The lowest BCUT2D eigenvalue weighted by molar-refractivity contribution is -0.283. The van der Waals surface area contributed by atoms with Gasteiger partial charge in [-0.15, -0.1) is 6.58 Å². The molecule has 1 aromatic rings.